The minimum absolute atomic E-state index is 0.467. The van der Waals surface area contributed by atoms with Gasteiger partial charge in [0.25, 0.3) is 0 Å². The van der Waals surface area contributed by atoms with Crippen LogP contribution in [0.25, 0.3) is 0 Å². The summed E-state index contributed by atoms with van der Waals surface area (Å²) in [6, 6.07) is 3.87. The summed E-state index contributed by atoms with van der Waals surface area (Å²) in [5.41, 5.74) is 0.792. The second-order valence-corrected chi connectivity index (χ2v) is 5.34. The summed E-state index contributed by atoms with van der Waals surface area (Å²) in [5, 5.41) is 3.23. The molecule has 0 aromatic heterocycles. The van der Waals surface area contributed by atoms with E-state index in [0.29, 0.717) is 11.8 Å². The van der Waals surface area contributed by atoms with Crippen molar-refractivity contribution in [3.8, 4) is 0 Å². The number of rotatable bonds is 4. The van der Waals surface area contributed by atoms with E-state index in [0.717, 1.165) is 24.6 Å². The maximum atomic E-state index is 13.2. The maximum absolute atomic E-state index is 13.2. The van der Waals surface area contributed by atoms with Crippen LogP contribution in [-0.4, -0.2) is 13.6 Å². The highest BCUT2D eigenvalue weighted by molar-refractivity contribution is 5.18. The third-order valence-electron chi connectivity index (χ3n) is 3.95. The van der Waals surface area contributed by atoms with Crippen molar-refractivity contribution in [3.63, 3.8) is 0 Å². The zero-order chi connectivity index (χ0) is 13.0. The predicted molar refractivity (Wildman–Crippen MR) is 69.4 cm³/mol. The van der Waals surface area contributed by atoms with E-state index < -0.39 is 11.6 Å². The number of benzene rings is 1. The molecule has 1 aromatic rings. The van der Waals surface area contributed by atoms with E-state index in [4.69, 9.17) is 0 Å². The lowest BCUT2D eigenvalue weighted by atomic mass is 9.76. The van der Waals surface area contributed by atoms with Gasteiger partial charge in [0.1, 0.15) is 11.6 Å². The van der Waals surface area contributed by atoms with E-state index in [-0.39, 0.29) is 0 Å². The van der Waals surface area contributed by atoms with Crippen LogP contribution in [0.2, 0.25) is 0 Å². The quantitative estimate of drug-likeness (QED) is 0.865. The number of halogens is 2. The summed E-state index contributed by atoms with van der Waals surface area (Å²) in [6.07, 6.45) is 5.71. The second kappa shape index (κ2) is 6.28. The fourth-order valence-electron chi connectivity index (χ4n) is 3.12. The highest BCUT2D eigenvalue weighted by Crippen LogP contribution is 2.32. The summed E-state index contributed by atoms with van der Waals surface area (Å²) >= 11 is 0. The molecule has 1 aliphatic carbocycles. The molecular weight excluding hydrogens is 232 g/mol. The lowest BCUT2D eigenvalue weighted by molar-refractivity contribution is 0.232. The summed E-state index contributed by atoms with van der Waals surface area (Å²) in [5.74, 6) is 0.249. The van der Waals surface area contributed by atoms with E-state index in [1.807, 2.05) is 7.05 Å². The Kier molecular flexibility index (Phi) is 4.70. The molecule has 1 aliphatic rings. The Morgan fingerprint density at radius 1 is 1.06 bits per heavy atom. The van der Waals surface area contributed by atoms with Gasteiger partial charge in [0.05, 0.1) is 0 Å². The lowest BCUT2D eigenvalue weighted by Gasteiger charge is -2.31. The average molecular weight is 253 g/mol. The molecule has 2 rings (SSSR count). The van der Waals surface area contributed by atoms with E-state index in [1.54, 1.807) is 0 Å². The van der Waals surface area contributed by atoms with Crippen LogP contribution in [0.1, 0.15) is 31.2 Å². The van der Waals surface area contributed by atoms with Crippen molar-refractivity contribution in [2.24, 2.45) is 11.8 Å². The SMILES string of the molecule is CNCC1CCCCC1Cc1cc(F)cc(F)c1. The van der Waals surface area contributed by atoms with Crippen molar-refractivity contribution in [1.82, 2.24) is 5.32 Å². The second-order valence-electron chi connectivity index (χ2n) is 5.34. The van der Waals surface area contributed by atoms with Gasteiger partial charge in [-0.1, -0.05) is 12.8 Å². The normalized spacial score (nSPS) is 24.2. The first kappa shape index (κ1) is 13.5. The Morgan fingerprint density at radius 3 is 2.28 bits per heavy atom. The molecule has 18 heavy (non-hydrogen) atoms. The van der Waals surface area contributed by atoms with Crippen molar-refractivity contribution in [2.75, 3.05) is 13.6 Å². The van der Waals surface area contributed by atoms with Crippen molar-refractivity contribution >= 4 is 0 Å². The monoisotopic (exact) mass is 253 g/mol. The lowest BCUT2D eigenvalue weighted by Crippen LogP contribution is -2.30. The summed E-state index contributed by atoms with van der Waals surface area (Å²) in [7, 11) is 1.97. The number of hydrogen-bond donors (Lipinski definition) is 1. The van der Waals surface area contributed by atoms with Gasteiger partial charge in [0, 0.05) is 6.07 Å². The molecule has 0 bridgehead atoms. The molecule has 0 heterocycles. The molecule has 1 saturated carbocycles. The Morgan fingerprint density at radius 2 is 1.67 bits per heavy atom. The van der Waals surface area contributed by atoms with Gasteiger partial charge in [-0.05, 0) is 62.4 Å². The van der Waals surface area contributed by atoms with Crippen LogP contribution >= 0.6 is 0 Å². The Hall–Kier alpha value is -0.960. The highest BCUT2D eigenvalue weighted by Gasteiger charge is 2.24. The standard InChI is InChI=1S/C15H21F2N/c1-18-10-13-5-3-2-4-12(13)6-11-7-14(16)9-15(17)8-11/h7-9,12-13,18H,2-6,10H2,1H3. The topological polar surface area (TPSA) is 12.0 Å². The smallest absolute Gasteiger partial charge is 0.126 e. The molecule has 0 spiro atoms. The Balaban J connectivity index is 2.05. The van der Waals surface area contributed by atoms with Crippen LogP contribution in [-0.2, 0) is 6.42 Å². The number of hydrogen-bond acceptors (Lipinski definition) is 1. The van der Waals surface area contributed by atoms with Crippen LogP contribution in [0.15, 0.2) is 18.2 Å². The van der Waals surface area contributed by atoms with Crippen molar-refractivity contribution in [2.45, 2.75) is 32.1 Å². The van der Waals surface area contributed by atoms with Crippen molar-refractivity contribution in [3.05, 3.63) is 35.4 Å². The summed E-state index contributed by atoms with van der Waals surface area (Å²) in [6.45, 7) is 1.00. The van der Waals surface area contributed by atoms with Gasteiger partial charge in [-0.2, -0.15) is 0 Å². The van der Waals surface area contributed by atoms with Crippen LogP contribution in [0, 0.1) is 23.5 Å². The van der Waals surface area contributed by atoms with Crippen molar-refractivity contribution in [1.29, 1.82) is 0 Å². The van der Waals surface area contributed by atoms with Crippen LogP contribution in [0.5, 0.6) is 0 Å². The Labute approximate surface area is 108 Å². The first-order chi connectivity index (χ1) is 8.69. The van der Waals surface area contributed by atoms with Gasteiger partial charge in [-0.25, -0.2) is 8.78 Å². The number of nitrogens with one attached hydrogen (secondary N) is 1. The van der Waals surface area contributed by atoms with Gasteiger partial charge >= 0.3 is 0 Å². The molecule has 0 radical (unpaired) electrons. The van der Waals surface area contributed by atoms with E-state index >= 15 is 0 Å². The Bertz CT molecular complexity index is 370. The molecule has 100 valence electrons. The molecule has 2 unspecified atom stereocenters. The van der Waals surface area contributed by atoms with Gasteiger partial charge in [-0.15, -0.1) is 0 Å². The fraction of sp³-hybridized carbons (Fsp3) is 0.600. The zero-order valence-corrected chi connectivity index (χ0v) is 10.9. The van der Waals surface area contributed by atoms with Crippen LogP contribution in [0.3, 0.4) is 0 Å². The average Bonchev–Trinajstić information content (AvgIpc) is 2.30. The molecule has 1 N–H and O–H groups in total. The molecule has 3 heteroatoms. The summed E-state index contributed by atoms with van der Waals surface area (Å²) in [4.78, 5) is 0. The maximum Gasteiger partial charge on any atom is 0.126 e. The van der Waals surface area contributed by atoms with Gasteiger partial charge < -0.3 is 5.32 Å². The third kappa shape index (κ3) is 3.52. The molecule has 0 aliphatic heterocycles. The molecule has 0 saturated heterocycles. The van der Waals surface area contributed by atoms with Gasteiger partial charge in [-0.3, -0.25) is 0 Å². The van der Waals surface area contributed by atoms with Crippen LogP contribution < -0.4 is 5.32 Å². The third-order valence-corrected chi connectivity index (χ3v) is 3.95. The largest absolute Gasteiger partial charge is 0.319 e. The van der Waals surface area contributed by atoms with E-state index in [2.05, 4.69) is 5.32 Å². The van der Waals surface area contributed by atoms with Gasteiger partial charge in [0.15, 0.2) is 0 Å². The molecule has 1 aromatic carbocycles. The molecular formula is C15H21F2N. The van der Waals surface area contributed by atoms with Gasteiger partial charge in [0.2, 0.25) is 0 Å². The van der Waals surface area contributed by atoms with Crippen molar-refractivity contribution < 1.29 is 8.78 Å². The molecule has 2 atom stereocenters. The molecule has 1 nitrogen and oxygen atoms in total. The first-order valence-corrected chi connectivity index (χ1v) is 6.78. The van der Waals surface area contributed by atoms with E-state index in [1.165, 1.54) is 37.8 Å². The summed E-state index contributed by atoms with van der Waals surface area (Å²) < 4.78 is 26.4. The molecule has 1 fully saturated rings. The minimum Gasteiger partial charge on any atom is -0.319 e. The zero-order valence-electron chi connectivity index (χ0n) is 10.9. The molecule has 0 amide bonds. The van der Waals surface area contributed by atoms with E-state index in [9.17, 15) is 8.78 Å². The minimum atomic E-state index is -0.467. The highest BCUT2D eigenvalue weighted by atomic mass is 19.1. The predicted octanol–water partition coefficient (Wildman–Crippen LogP) is 3.53. The first-order valence-electron chi connectivity index (χ1n) is 6.78. The fourth-order valence-corrected chi connectivity index (χ4v) is 3.12. The van der Waals surface area contributed by atoms with Crippen LogP contribution in [0.4, 0.5) is 8.78 Å².